The molecule has 0 radical (unpaired) electrons. The maximum atomic E-state index is 10.5. The Hall–Kier alpha value is -8.72. The second kappa shape index (κ2) is 14.8. The fourth-order valence-corrected chi connectivity index (χ4v) is 9.37. The molecule has 5 heteroatoms. The van der Waals surface area contributed by atoms with Gasteiger partial charge < -0.3 is 4.57 Å². The largest absolute Gasteiger partial charge is 0.309 e. The van der Waals surface area contributed by atoms with Crippen molar-refractivity contribution in [1.82, 2.24) is 19.5 Å². The van der Waals surface area contributed by atoms with E-state index < -0.39 is 0 Å². The van der Waals surface area contributed by atoms with Crippen LogP contribution in [0.15, 0.2) is 212 Å². The third kappa shape index (κ3) is 6.12. The SMILES string of the molecule is N#Cc1cc(-c2nc(-c3cccc(-c4ccccc4-c4ccccc4)c3)nc(-c3ccc4c5ccccc5c5ccccc5c4c3)n2)cc(-n2c3ccccc3c3ccccc32)c1. The number of aromatic nitrogens is 4. The molecule has 0 amide bonds. The van der Waals surface area contributed by atoms with E-state index in [2.05, 4.69) is 205 Å². The molecule has 10 aromatic carbocycles. The molecule has 0 bridgehead atoms. The van der Waals surface area contributed by atoms with Gasteiger partial charge in [0.15, 0.2) is 17.5 Å². The van der Waals surface area contributed by atoms with Gasteiger partial charge in [0.05, 0.1) is 22.7 Å². The Morgan fingerprint density at radius 2 is 0.778 bits per heavy atom. The van der Waals surface area contributed by atoms with Crippen LogP contribution >= 0.6 is 0 Å². The van der Waals surface area contributed by atoms with E-state index in [1.165, 1.54) is 26.9 Å². The molecule has 0 spiro atoms. The Balaban J connectivity index is 1.09. The molecular formula is C58H35N5. The van der Waals surface area contributed by atoms with Crippen LogP contribution in [-0.2, 0) is 0 Å². The van der Waals surface area contributed by atoms with Crippen LogP contribution in [-0.4, -0.2) is 19.5 Å². The smallest absolute Gasteiger partial charge is 0.164 e. The highest BCUT2D eigenvalue weighted by Crippen LogP contribution is 2.39. The summed E-state index contributed by atoms with van der Waals surface area (Å²) in [5.74, 6) is 1.57. The Morgan fingerprint density at radius 3 is 1.40 bits per heavy atom. The Kier molecular flexibility index (Phi) is 8.48. The summed E-state index contributed by atoms with van der Waals surface area (Å²) in [6.45, 7) is 0. The maximum absolute atomic E-state index is 10.5. The monoisotopic (exact) mass is 801 g/mol. The van der Waals surface area contributed by atoms with Crippen molar-refractivity contribution in [3.05, 3.63) is 218 Å². The lowest BCUT2D eigenvalue weighted by Crippen LogP contribution is -2.02. The van der Waals surface area contributed by atoms with Gasteiger partial charge in [-0.05, 0) is 97.0 Å². The number of fused-ring (bicyclic) bond motifs is 9. The van der Waals surface area contributed by atoms with E-state index >= 15 is 0 Å². The lowest BCUT2D eigenvalue weighted by Gasteiger charge is -2.14. The highest BCUT2D eigenvalue weighted by molar-refractivity contribution is 6.25. The summed E-state index contributed by atoms with van der Waals surface area (Å²) in [6.07, 6.45) is 0. The van der Waals surface area contributed by atoms with Gasteiger partial charge in [-0.1, -0.05) is 170 Å². The number of benzene rings is 10. The maximum Gasteiger partial charge on any atom is 0.164 e. The molecule has 0 unspecified atom stereocenters. The summed E-state index contributed by atoms with van der Waals surface area (Å²) < 4.78 is 2.23. The number of para-hydroxylation sites is 2. The van der Waals surface area contributed by atoms with E-state index in [0.29, 0.717) is 23.0 Å². The second-order valence-corrected chi connectivity index (χ2v) is 15.9. The Bertz CT molecular complexity index is 3730. The van der Waals surface area contributed by atoms with Crippen molar-refractivity contribution in [2.24, 2.45) is 0 Å². The van der Waals surface area contributed by atoms with Crippen LogP contribution in [0.2, 0.25) is 0 Å². The molecule has 5 nitrogen and oxygen atoms in total. The van der Waals surface area contributed by atoms with E-state index in [0.717, 1.165) is 71.8 Å². The molecule has 0 saturated carbocycles. The van der Waals surface area contributed by atoms with Gasteiger partial charge in [-0.25, -0.2) is 15.0 Å². The molecule has 0 N–H and O–H groups in total. The van der Waals surface area contributed by atoms with E-state index in [4.69, 9.17) is 15.0 Å². The molecule has 12 rings (SSSR count). The fraction of sp³-hybridized carbons (Fsp3) is 0. The van der Waals surface area contributed by atoms with Crippen LogP contribution in [0.5, 0.6) is 0 Å². The molecule has 0 saturated heterocycles. The number of nitrogens with zero attached hydrogens (tertiary/aromatic N) is 5. The molecular weight excluding hydrogens is 767 g/mol. The van der Waals surface area contributed by atoms with Crippen molar-refractivity contribution in [2.75, 3.05) is 0 Å². The van der Waals surface area contributed by atoms with Crippen LogP contribution in [0, 0.1) is 11.3 Å². The molecule has 0 aliphatic carbocycles. The normalized spacial score (nSPS) is 11.5. The number of rotatable bonds is 6. The Labute approximate surface area is 363 Å². The molecule has 0 aliphatic rings. The van der Waals surface area contributed by atoms with E-state index in [1.54, 1.807) is 0 Å². The minimum Gasteiger partial charge on any atom is -0.309 e. The average Bonchev–Trinajstić information content (AvgIpc) is 3.71. The minimum absolute atomic E-state index is 0.479. The lowest BCUT2D eigenvalue weighted by molar-refractivity contribution is 1.07. The highest BCUT2D eigenvalue weighted by atomic mass is 15.0. The molecule has 292 valence electrons. The first-order chi connectivity index (χ1) is 31.2. The van der Waals surface area contributed by atoms with Gasteiger partial charge in [0.25, 0.3) is 0 Å². The van der Waals surface area contributed by atoms with Crippen molar-refractivity contribution < 1.29 is 0 Å². The first-order valence-electron chi connectivity index (χ1n) is 21.1. The zero-order chi connectivity index (χ0) is 41.9. The predicted molar refractivity (Wildman–Crippen MR) is 259 cm³/mol. The molecule has 63 heavy (non-hydrogen) atoms. The van der Waals surface area contributed by atoms with Gasteiger partial charge in [-0.2, -0.15) is 5.26 Å². The topological polar surface area (TPSA) is 67.4 Å². The average molecular weight is 802 g/mol. The first kappa shape index (κ1) is 36.2. The van der Waals surface area contributed by atoms with Crippen molar-refractivity contribution in [2.45, 2.75) is 0 Å². The summed E-state index contributed by atoms with van der Waals surface area (Å²) in [4.78, 5) is 15.8. The fourth-order valence-electron chi connectivity index (χ4n) is 9.37. The first-order valence-corrected chi connectivity index (χ1v) is 21.1. The van der Waals surface area contributed by atoms with Crippen LogP contribution in [0.4, 0.5) is 0 Å². The summed E-state index contributed by atoms with van der Waals surface area (Å²) in [6, 6.07) is 76.3. The lowest BCUT2D eigenvalue weighted by atomic mass is 9.93. The van der Waals surface area contributed by atoms with Crippen molar-refractivity contribution in [3.8, 4) is 68.2 Å². The van der Waals surface area contributed by atoms with Crippen molar-refractivity contribution in [3.63, 3.8) is 0 Å². The van der Waals surface area contributed by atoms with Gasteiger partial charge in [0.2, 0.25) is 0 Å². The van der Waals surface area contributed by atoms with Gasteiger partial charge in [0, 0.05) is 33.2 Å². The second-order valence-electron chi connectivity index (χ2n) is 15.9. The molecule has 0 fully saturated rings. The molecule has 2 heterocycles. The predicted octanol–water partition coefficient (Wildman–Crippen LogP) is 14.6. The van der Waals surface area contributed by atoms with E-state index in [1.807, 2.05) is 18.2 Å². The molecule has 0 aliphatic heterocycles. The van der Waals surface area contributed by atoms with Crippen LogP contribution < -0.4 is 0 Å². The summed E-state index contributed by atoms with van der Waals surface area (Å²) in [5.41, 5.74) is 10.4. The van der Waals surface area contributed by atoms with Crippen molar-refractivity contribution in [1.29, 1.82) is 5.26 Å². The summed E-state index contributed by atoms with van der Waals surface area (Å²) in [5, 5.41) is 19.9. The molecule has 12 aromatic rings. The Morgan fingerprint density at radius 1 is 0.317 bits per heavy atom. The van der Waals surface area contributed by atoms with Crippen LogP contribution in [0.1, 0.15) is 5.56 Å². The zero-order valence-electron chi connectivity index (χ0n) is 33.9. The standard InChI is InChI=1S/C58H35N5/c59-36-37-31-42(34-43(32-37)63-54-27-12-10-25-51(54)52-26-11-13-28-55(52)63)58-61-56(40-18-14-17-39(33-40)45-20-5-4-19-44(45)38-15-2-1-3-16-38)60-57(62-58)41-29-30-50-48-23-7-6-21-46(48)47-22-8-9-24-49(47)53(50)35-41/h1-35H. The highest BCUT2D eigenvalue weighted by Gasteiger charge is 2.19. The molecule has 0 atom stereocenters. The summed E-state index contributed by atoms with van der Waals surface area (Å²) in [7, 11) is 0. The third-order valence-corrected chi connectivity index (χ3v) is 12.2. The number of nitriles is 1. The van der Waals surface area contributed by atoms with Gasteiger partial charge >= 0.3 is 0 Å². The summed E-state index contributed by atoms with van der Waals surface area (Å²) >= 11 is 0. The quantitative estimate of drug-likeness (QED) is 0.157. The van der Waals surface area contributed by atoms with Crippen LogP contribution in [0.3, 0.4) is 0 Å². The third-order valence-electron chi connectivity index (χ3n) is 12.2. The van der Waals surface area contributed by atoms with E-state index in [-0.39, 0.29) is 0 Å². The number of hydrogen-bond donors (Lipinski definition) is 0. The van der Waals surface area contributed by atoms with Gasteiger partial charge in [-0.15, -0.1) is 0 Å². The minimum atomic E-state index is 0.479. The van der Waals surface area contributed by atoms with Gasteiger partial charge in [-0.3, -0.25) is 0 Å². The van der Waals surface area contributed by atoms with E-state index in [9.17, 15) is 5.26 Å². The molecule has 2 aromatic heterocycles. The zero-order valence-corrected chi connectivity index (χ0v) is 33.9. The van der Waals surface area contributed by atoms with Gasteiger partial charge in [0.1, 0.15) is 0 Å². The van der Waals surface area contributed by atoms with Crippen LogP contribution in [0.25, 0.3) is 116 Å². The van der Waals surface area contributed by atoms with Crippen molar-refractivity contribution >= 4 is 54.1 Å². The number of hydrogen-bond acceptors (Lipinski definition) is 4.